The van der Waals surface area contributed by atoms with E-state index in [-0.39, 0.29) is 18.2 Å². The fraction of sp³-hybridized carbons (Fsp3) is 0.867. The van der Waals surface area contributed by atoms with Gasteiger partial charge < -0.3 is 10.4 Å². The van der Waals surface area contributed by atoms with Crippen molar-refractivity contribution >= 4 is 11.9 Å². The van der Waals surface area contributed by atoms with Gasteiger partial charge in [-0.2, -0.15) is 0 Å². The highest BCUT2D eigenvalue weighted by molar-refractivity contribution is 5.79. The van der Waals surface area contributed by atoms with Gasteiger partial charge in [0.1, 0.15) is 0 Å². The van der Waals surface area contributed by atoms with Crippen LogP contribution >= 0.6 is 0 Å². The molecule has 0 unspecified atom stereocenters. The van der Waals surface area contributed by atoms with Crippen molar-refractivity contribution < 1.29 is 14.7 Å². The van der Waals surface area contributed by atoms with E-state index < -0.39 is 11.5 Å². The van der Waals surface area contributed by atoms with Gasteiger partial charge in [-0.25, -0.2) is 0 Å². The lowest BCUT2D eigenvalue weighted by Gasteiger charge is -2.31. The molecule has 4 nitrogen and oxygen atoms in total. The van der Waals surface area contributed by atoms with Crippen LogP contribution in [-0.2, 0) is 9.59 Å². The number of amides is 1. The monoisotopic (exact) mass is 269 g/mol. The average Bonchev–Trinajstić information content (AvgIpc) is 2.36. The third-order valence-electron chi connectivity index (χ3n) is 4.22. The van der Waals surface area contributed by atoms with Crippen molar-refractivity contribution in [2.75, 3.05) is 0 Å². The quantitative estimate of drug-likeness (QED) is 0.779. The van der Waals surface area contributed by atoms with Gasteiger partial charge in [0, 0.05) is 17.9 Å². The smallest absolute Gasteiger partial charge is 0.303 e. The molecule has 0 saturated heterocycles. The Morgan fingerprint density at radius 3 is 2.26 bits per heavy atom. The van der Waals surface area contributed by atoms with Crippen molar-refractivity contribution in [3.05, 3.63) is 0 Å². The first-order valence-corrected chi connectivity index (χ1v) is 7.38. The van der Waals surface area contributed by atoms with Gasteiger partial charge in [0.2, 0.25) is 5.91 Å². The molecule has 1 aliphatic rings. The summed E-state index contributed by atoms with van der Waals surface area (Å²) < 4.78 is 0. The maximum atomic E-state index is 12.2. The molecule has 0 aromatic heterocycles. The topological polar surface area (TPSA) is 66.4 Å². The normalized spacial score (nSPS) is 23.9. The molecule has 0 heterocycles. The Balaban J connectivity index is 2.39. The maximum Gasteiger partial charge on any atom is 0.303 e. The van der Waals surface area contributed by atoms with Crippen LogP contribution in [0.3, 0.4) is 0 Å². The molecule has 0 spiro atoms. The van der Waals surface area contributed by atoms with Crippen LogP contribution in [0, 0.1) is 11.8 Å². The standard InChI is InChI=1S/C15H27NO3/c1-4-11-5-7-12(8-6-11)14(19)16-15(2,3)10-9-13(17)18/h11-12H,4-10H2,1-3H3,(H,16,19)(H,17,18). The number of rotatable bonds is 6. The Morgan fingerprint density at radius 1 is 1.21 bits per heavy atom. The molecule has 1 saturated carbocycles. The predicted molar refractivity (Wildman–Crippen MR) is 74.8 cm³/mol. The molecule has 1 amide bonds. The number of aliphatic carboxylic acids is 1. The highest BCUT2D eigenvalue weighted by Crippen LogP contribution is 2.31. The van der Waals surface area contributed by atoms with Crippen molar-refractivity contribution in [1.29, 1.82) is 0 Å². The van der Waals surface area contributed by atoms with Crippen LogP contribution in [0.5, 0.6) is 0 Å². The fourth-order valence-corrected chi connectivity index (χ4v) is 2.75. The van der Waals surface area contributed by atoms with Crippen molar-refractivity contribution in [1.82, 2.24) is 5.32 Å². The van der Waals surface area contributed by atoms with E-state index >= 15 is 0 Å². The van der Waals surface area contributed by atoms with E-state index in [1.165, 1.54) is 6.42 Å². The fourth-order valence-electron chi connectivity index (χ4n) is 2.75. The molecule has 4 heteroatoms. The van der Waals surface area contributed by atoms with Gasteiger partial charge in [-0.05, 0) is 51.9 Å². The van der Waals surface area contributed by atoms with E-state index in [4.69, 9.17) is 5.11 Å². The molecule has 1 rings (SSSR count). The van der Waals surface area contributed by atoms with Crippen molar-refractivity contribution in [3.8, 4) is 0 Å². The Bertz CT molecular complexity index is 317. The highest BCUT2D eigenvalue weighted by atomic mass is 16.4. The molecule has 1 aliphatic carbocycles. The molecular formula is C15H27NO3. The molecule has 0 aromatic carbocycles. The summed E-state index contributed by atoms with van der Waals surface area (Å²) >= 11 is 0. The van der Waals surface area contributed by atoms with Crippen LogP contribution in [0.25, 0.3) is 0 Å². The lowest BCUT2D eigenvalue weighted by molar-refractivity contribution is -0.138. The Morgan fingerprint density at radius 2 is 1.79 bits per heavy atom. The van der Waals surface area contributed by atoms with Gasteiger partial charge in [0.25, 0.3) is 0 Å². The van der Waals surface area contributed by atoms with E-state index in [1.54, 1.807) is 0 Å². The molecule has 0 aromatic rings. The second-order valence-electron chi connectivity index (χ2n) is 6.39. The zero-order valence-electron chi connectivity index (χ0n) is 12.4. The van der Waals surface area contributed by atoms with Crippen LogP contribution in [0.1, 0.15) is 65.7 Å². The van der Waals surface area contributed by atoms with E-state index in [2.05, 4.69) is 12.2 Å². The third-order valence-corrected chi connectivity index (χ3v) is 4.22. The minimum atomic E-state index is -0.814. The van der Waals surface area contributed by atoms with E-state index in [1.807, 2.05) is 13.8 Å². The van der Waals surface area contributed by atoms with Gasteiger partial charge in [-0.15, -0.1) is 0 Å². The van der Waals surface area contributed by atoms with E-state index in [0.29, 0.717) is 6.42 Å². The summed E-state index contributed by atoms with van der Waals surface area (Å²) in [5, 5.41) is 11.7. The molecule has 110 valence electrons. The molecule has 1 fully saturated rings. The van der Waals surface area contributed by atoms with Crippen LogP contribution < -0.4 is 5.32 Å². The Kier molecular flexibility index (Phi) is 5.83. The molecule has 0 radical (unpaired) electrons. The summed E-state index contributed by atoms with van der Waals surface area (Å²) in [6.07, 6.45) is 6.00. The second-order valence-corrected chi connectivity index (χ2v) is 6.39. The number of carbonyl (C=O) groups excluding carboxylic acids is 1. The first-order chi connectivity index (χ1) is 8.84. The molecular weight excluding hydrogens is 242 g/mol. The molecule has 2 N–H and O–H groups in total. The summed E-state index contributed by atoms with van der Waals surface area (Å²) in [5.41, 5.74) is -0.433. The number of hydrogen-bond acceptors (Lipinski definition) is 2. The van der Waals surface area contributed by atoms with Crippen LogP contribution in [0.15, 0.2) is 0 Å². The zero-order valence-corrected chi connectivity index (χ0v) is 12.4. The summed E-state index contributed by atoms with van der Waals surface area (Å²) in [7, 11) is 0. The van der Waals surface area contributed by atoms with Gasteiger partial charge in [0.05, 0.1) is 0 Å². The SMILES string of the molecule is CCC1CCC(C(=O)NC(C)(C)CCC(=O)O)CC1. The Labute approximate surface area is 116 Å². The van der Waals surface area contributed by atoms with Crippen molar-refractivity contribution in [3.63, 3.8) is 0 Å². The van der Waals surface area contributed by atoms with Crippen LogP contribution in [0.4, 0.5) is 0 Å². The Hall–Kier alpha value is -1.06. The third kappa shape index (κ3) is 5.62. The van der Waals surface area contributed by atoms with Crippen molar-refractivity contribution in [2.45, 2.75) is 71.3 Å². The van der Waals surface area contributed by atoms with Crippen molar-refractivity contribution in [2.24, 2.45) is 11.8 Å². The van der Waals surface area contributed by atoms with E-state index in [0.717, 1.165) is 31.6 Å². The number of carboxylic acid groups (broad SMARTS) is 1. The molecule has 0 atom stereocenters. The van der Waals surface area contributed by atoms with E-state index in [9.17, 15) is 9.59 Å². The van der Waals surface area contributed by atoms with Crippen LogP contribution in [-0.4, -0.2) is 22.5 Å². The summed E-state index contributed by atoms with van der Waals surface area (Å²) in [4.78, 5) is 22.8. The zero-order chi connectivity index (χ0) is 14.5. The first-order valence-electron chi connectivity index (χ1n) is 7.38. The minimum Gasteiger partial charge on any atom is -0.481 e. The molecule has 19 heavy (non-hydrogen) atoms. The van der Waals surface area contributed by atoms with Gasteiger partial charge in [-0.3, -0.25) is 9.59 Å². The van der Waals surface area contributed by atoms with Gasteiger partial charge in [0.15, 0.2) is 0 Å². The number of carbonyl (C=O) groups is 2. The number of nitrogens with one attached hydrogen (secondary N) is 1. The first kappa shape index (κ1) is 16.0. The molecule has 0 aliphatic heterocycles. The lowest BCUT2D eigenvalue weighted by Crippen LogP contribution is -2.47. The highest BCUT2D eigenvalue weighted by Gasteiger charge is 2.29. The lowest BCUT2D eigenvalue weighted by atomic mass is 9.80. The summed E-state index contributed by atoms with van der Waals surface area (Å²) in [6.45, 7) is 6.00. The average molecular weight is 269 g/mol. The minimum absolute atomic E-state index is 0.0931. The van der Waals surface area contributed by atoms with Gasteiger partial charge in [-0.1, -0.05) is 13.3 Å². The summed E-state index contributed by atoms with van der Waals surface area (Å²) in [5.74, 6) is 0.187. The van der Waals surface area contributed by atoms with Gasteiger partial charge >= 0.3 is 5.97 Å². The second kappa shape index (κ2) is 6.92. The summed E-state index contributed by atoms with van der Waals surface area (Å²) in [6, 6.07) is 0. The maximum absolute atomic E-state index is 12.2. The number of hydrogen-bond donors (Lipinski definition) is 2. The number of carboxylic acids is 1. The largest absolute Gasteiger partial charge is 0.481 e. The predicted octanol–water partition coefficient (Wildman–Crippen LogP) is 2.96. The van der Waals surface area contributed by atoms with Crippen LogP contribution in [0.2, 0.25) is 0 Å². The molecule has 0 bridgehead atoms.